The summed E-state index contributed by atoms with van der Waals surface area (Å²) in [6, 6.07) is 10.1. The number of benzene rings is 2. The van der Waals surface area contributed by atoms with Crippen molar-refractivity contribution in [2.75, 3.05) is 40.4 Å². The summed E-state index contributed by atoms with van der Waals surface area (Å²) in [6.07, 6.45) is 5.20. The smallest absolute Gasteiger partial charge is 0.290 e. The fourth-order valence-corrected chi connectivity index (χ4v) is 7.88. The lowest BCUT2D eigenvalue weighted by molar-refractivity contribution is -0.144. The number of rotatable bonds is 12. The van der Waals surface area contributed by atoms with Crippen LogP contribution < -0.4 is 26.0 Å². The van der Waals surface area contributed by atoms with Crippen LogP contribution in [0.15, 0.2) is 48.5 Å². The number of ether oxygens (including phenoxy) is 2. The monoisotopic (exact) mass is 802 g/mol. The average Bonchev–Trinajstić information content (AvgIpc) is 3.65. The lowest BCUT2D eigenvalue weighted by atomic mass is 9.83. The molecule has 1 saturated carbocycles. The molecule has 0 radical (unpaired) electrons. The van der Waals surface area contributed by atoms with Crippen LogP contribution in [0, 0.1) is 12.8 Å². The van der Waals surface area contributed by atoms with Gasteiger partial charge < -0.3 is 40.5 Å². The summed E-state index contributed by atoms with van der Waals surface area (Å²) in [7, 11) is 3.12. The van der Waals surface area contributed by atoms with E-state index >= 15 is 0 Å². The van der Waals surface area contributed by atoms with Gasteiger partial charge in [-0.05, 0) is 54.9 Å². The van der Waals surface area contributed by atoms with Crippen LogP contribution in [0.4, 0.5) is 0 Å². The molecule has 1 saturated heterocycles. The number of amides is 6. The van der Waals surface area contributed by atoms with E-state index in [1.165, 1.54) is 9.80 Å². The highest BCUT2D eigenvalue weighted by atomic mass is 16.5. The zero-order valence-corrected chi connectivity index (χ0v) is 34.1. The van der Waals surface area contributed by atoms with Gasteiger partial charge in [-0.2, -0.15) is 0 Å². The maximum absolute atomic E-state index is 14.6. The van der Waals surface area contributed by atoms with Gasteiger partial charge in [0.2, 0.25) is 35.3 Å². The molecule has 0 spiro atoms. The van der Waals surface area contributed by atoms with Gasteiger partial charge >= 0.3 is 0 Å². The molecule has 3 aliphatic rings. The molecule has 314 valence electrons. The summed E-state index contributed by atoms with van der Waals surface area (Å²) >= 11 is 0. The topological polar surface area (TPSA) is 193 Å². The molecule has 0 unspecified atom stereocenters. The van der Waals surface area contributed by atoms with Gasteiger partial charge in [-0.15, -0.1) is 0 Å². The number of nitrogens with zero attached hydrogens (tertiary/aromatic N) is 2. The Morgan fingerprint density at radius 3 is 2.40 bits per heavy atom. The molecule has 2 aliphatic heterocycles. The van der Waals surface area contributed by atoms with Crippen molar-refractivity contribution < 1.29 is 43.0 Å². The van der Waals surface area contributed by atoms with E-state index in [9.17, 15) is 33.6 Å². The van der Waals surface area contributed by atoms with E-state index in [0.717, 1.165) is 43.2 Å². The number of hydrogen-bond acceptors (Lipinski definition) is 9. The van der Waals surface area contributed by atoms with Crippen molar-refractivity contribution >= 4 is 41.2 Å². The van der Waals surface area contributed by atoms with Gasteiger partial charge in [-0.3, -0.25) is 33.6 Å². The third-order valence-corrected chi connectivity index (χ3v) is 11.0. The molecule has 2 heterocycles. The van der Waals surface area contributed by atoms with Crippen molar-refractivity contribution in [3.05, 3.63) is 65.2 Å². The van der Waals surface area contributed by atoms with Crippen LogP contribution in [0.2, 0.25) is 0 Å². The standard InChI is InChI=1S/C43H58N6O9/c1-5-13-32(39(52)41(54)44-25-36(51)47-37(42(55)48(3)4)29-14-8-6-9-15-29)45-40(53)33-24-31-26-49(33)43(56)38(30-16-10-7-11-17-30)46-35(50)23-28-19-18-27(2)34(22-28)58-21-12-20-57-31/h6,8-9,14-15,18-19,22,30-33,37-38H,5,7,10-13,16-17,20-21,23-26H2,1-4H3,(H,44,54)(H,45,53)(H,46,50)(H,47,51)/t31-,32-,33+,37+,38+/m1/s1. The third-order valence-electron chi connectivity index (χ3n) is 11.0. The minimum Gasteiger partial charge on any atom is -0.493 e. The third kappa shape index (κ3) is 11.6. The number of nitrogens with one attached hydrogen (secondary N) is 4. The molecule has 5 rings (SSSR count). The van der Waals surface area contributed by atoms with Crippen LogP contribution in [0.25, 0.3) is 0 Å². The van der Waals surface area contributed by atoms with Gasteiger partial charge in [0.05, 0.1) is 38.3 Å². The quantitative estimate of drug-likeness (QED) is 0.233. The fourth-order valence-electron chi connectivity index (χ4n) is 7.88. The average molecular weight is 803 g/mol. The Morgan fingerprint density at radius 1 is 0.948 bits per heavy atom. The van der Waals surface area contributed by atoms with Crippen LogP contribution in [0.1, 0.15) is 87.4 Å². The molecule has 15 nitrogen and oxygen atoms in total. The molecule has 1 aliphatic carbocycles. The van der Waals surface area contributed by atoms with Crippen molar-refractivity contribution in [3.63, 3.8) is 0 Å². The van der Waals surface area contributed by atoms with E-state index in [2.05, 4.69) is 21.3 Å². The predicted octanol–water partition coefficient (Wildman–Crippen LogP) is 2.29. The molecular formula is C43H58N6O9. The second kappa shape index (κ2) is 20.9. The molecule has 2 fully saturated rings. The summed E-state index contributed by atoms with van der Waals surface area (Å²) in [5.41, 5.74) is 2.24. The van der Waals surface area contributed by atoms with Crippen molar-refractivity contribution in [1.29, 1.82) is 0 Å². The van der Waals surface area contributed by atoms with E-state index in [1.54, 1.807) is 51.4 Å². The molecule has 4 N–H and O–H groups in total. The first-order valence-corrected chi connectivity index (χ1v) is 20.5. The van der Waals surface area contributed by atoms with Gasteiger partial charge in [0, 0.05) is 33.5 Å². The maximum atomic E-state index is 14.6. The van der Waals surface area contributed by atoms with Crippen molar-refractivity contribution in [3.8, 4) is 5.75 Å². The Balaban J connectivity index is 1.29. The van der Waals surface area contributed by atoms with Crippen molar-refractivity contribution in [2.45, 2.75) is 108 Å². The number of hydrogen-bond donors (Lipinski definition) is 4. The normalized spacial score (nSPS) is 21.4. The zero-order chi connectivity index (χ0) is 41.8. The van der Waals surface area contributed by atoms with Gasteiger partial charge in [0.15, 0.2) is 0 Å². The fraction of sp³-hybridized carbons (Fsp3) is 0.558. The number of aryl methyl sites for hydroxylation is 1. The lowest BCUT2D eigenvalue weighted by Gasteiger charge is -2.35. The van der Waals surface area contributed by atoms with Crippen LogP contribution in [-0.4, -0.2) is 116 Å². The molecule has 4 bridgehead atoms. The van der Waals surface area contributed by atoms with Crippen molar-refractivity contribution in [1.82, 2.24) is 31.1 Å². The molecule has 0 aromatic heterocycles. The van der Waals surface area contributed by atoms with E-state index in [4.69, 9.17) is 9.47 Å². The molecule has 2 aromatic rings. The Bertz CT molecular complexity index is 1800. The van der Waals surface area contributed by atoms with E-state index in [1.807, 2.05) is 25.1 Å². The molecule has 15 heteroatoms. The van der Waals surface area contributed by atoms with Crippen LogP contribution >= 0.6 is 0 Å². The molecule has 2 aromatic carbocycles. The molecule has 6 amide bonds. The summed E-state index contributed by atoms with van der Waals surface area (Å²) < 4.78 is 12.2. The Morgan fingerprint density at radius 2 is 1.69 bits per heavy atom. The highest BCUT2D eigenvalue weighted by Gasteiger charge is 2.45. The van der Waals surface area contributed by atoms with Gasteiger partial charge in [-0.25, -0.2) is 0 Å². The minimum absolute atomic E-state index is 0.0507. The first-order valence-electron chi connectivity index (χ1n) is 20.5. The maximum Gasteiger partial charge on any atom is 0.290 e. The summed E-state index contributed by atoms with van der Waals surface area (Å²) in [4.78, 5) is 97.6. The Hall–Kier alpha value is -5.31. The Labute approximate surface area is 340 Å². The summed E-state index contributed by atoms with van der Waals surface area (Å²) in [5, 5.41) is 10.7. The summed E-state index contributed by atoms with van der Waals surface area (Å²) in [6.45, 7) is 3.95. The SMILES string of the molecule is CCC[C@@H](NC(=O)[C@@H]1C[C@@H]2CN1C(=O)[C@H](C1CCCCC1)NC(=O)Cc1ccc(C)c(c1)OCCCO2)C(=O)C(=O)NCC(=O)N[C@H](C(=O)N(C)C)c1ccccc1. The predicted molar refractivity (Wildman–Crippen MR) is 214 cm³/mol. The van der Waals surface area contributed by atoms with Gasteiger partial charge in [0.1, 0.15) is 23.9 Å². The number of likely N-dealkylation sites (N-methyl/N-ethyl adjacent to an activating group) is 1. The van der Waals surface area contributed by atoms with Crippen LogP contribution in [0.5, 0.6) is 5.75 Å². The first kappa shape index (κ1) is 43.8. The molecule has 58 heavy (non-hydrogen) atoms. The highest BCUT2D eigenvalue weighted by molar-refractivity contribution is 6.38. The van der Waals surface area contributed by atoms with Crippen LogP contribution in [-0.2, 0) is 44.7 Å². The Kier molecular flexibility index (Phi) is 15.8. The second-order valence-corrected chi connectivity index (χ2v) is 15.7. The number of fused-ring (bicyclic) bond motifs is 4. The molecule has 5 atom stereocenters. The van der Waals surface area contributed by atoms with Crippen molar-refractivity contribution in [2.24, 2.45) is 5.92 Å². The minimum atomic E-state index is -1.24. The van der Waals surface area contributed by atoms with Gasteiger partial charge in [0.25, 0.3) is 5.91 Å². The summed E-state index contributed by atoms with van der Waals surface area (Å²) in [5.74, 6) is -3.85. The molecular weight excluding hydrogens is 745 g/mol. The highest BCUT2D eigenvalue weighted by Crippen LogP contribution is 2.31. The number of ketones is 1. The number of Topliss-reactive ketones (excluding diaryl/α,β-unsaturated/α-hetero) is 1. The number of carbonyl (C=O) groups is 7. The first-order chi connectivity index (χ1) is 27.9. The van der Waals surface area contributed by atoms with E-state index < -0.39 is 60.3 Å². The van der Waals surface area contributed by atoms with Gasteiger partial charge in [-0.1, -0.05) is 75.1 Å². The lowest BCUT2D eigenvalue weighted by Crippen LogP contribution is -2.58. The van der Waals surface area contributed by atoms with Crippen LogP contribution in [0.3, 0.4) is 0 Å². The second-order valence-electron chi connectivity index (χ2n) is 15.7. The van der Waals surface area contributed by atoms with E-state index in [0.29, 0.717) is 37.4 Å². The zero-order valence-electron chi connectivity index (χ0n) is 34.1. The van der Waals surface area contributed by atoms with E-state index in [-0.39, 0.29) is 49.4 Å². The largest absolute Gasteiger partial charge is 0.493 e. The number of carbonyl (C=O) groups excluding carboxylic acids is 7.